The van der Waals surface area contributed by atoms with Gasteiger partial charge in [-0.2, -0.15) is 0 Å². The summed E-state index contributed by atoms with van der Waals surface area (Å²) in [6.45, 7) is 2.51. The second-order valence-corrected chi connectivity index (χ2v) is 4.49. The number of hydrogen-bond donors (Lipinski definition) is 3. The maximum absolute atomic E-state index is 8.64. The summed E-state index contributed by atoms with van der Waals surface area (Å²) < 4.78 is 10.8. The molecule has 0 amide bonds. The van der Waals surface area contributed by atoms with Crippen LogP contribution in [0.3, 0.4) is 0 Å². The van der Waals surface area contributed by atoms with Crippen molar-refractivity contribution in [3.05, 3.63) is 48.0 Å². The van der Waals surface area contributed by atoms with Gasteiger partial charge in [-0.25, -0.2) is 0 Å². The predicted molar refractivity (Wildman–Crippen MR) is 86.4 cm³/mol. The molecule has 2 rings (SSSR count). The molecule has 0 unspecified atom stereocenters. The Labute approximate surface area is 129 Å². The summed E-state index contributed by atoms with van der Waals surface area (Å²) in [4.78, 5) is 0. The zero-order chi connectivity index (χ0) is 15.9. The van der Waals surface area contributed by atoms with Crippen LogP contribution in [0.5, 0.6) is 11.5 Å². The summed E-state index contributed by atoms with van der Waals surface area (Å²) >= 11 is 0. The van der Waals surface area contributed by atoms with Gasteiger partial charge in [-0.1, -0.05) is 5.16 Å². The van der Waals surface area contributed by atoms with Crippen LogP contribution in [0.2, 0.25) is 0 Å². The number of amidine groups is 1. The second kappa shape index (κ2) is 7.21. The van der Waals surface area contributed by atoms with Gasteiger partial charge in [-0.05, 0) is 43.3 Å². The third-order valence-electron chi connectivity index (χ3n) is 3.04. The monoisotopic (exact) mass is 301 g/mol. The number of anilines is 2. The van der Waals surface area contributed by atoms with Crippen LogP contribution in [-0.2, 0) is 0 Å². The van der Waals surface area contributed by atoms with Gasteiger partial charge in [0.25, 0.3) is 0 Å². The van der Waals surface area contributed by atoms with E-state index in [9.17, 15) is 0 Å². The lowest BCUT2D eigenvalue weighted by molar-refractivity contribution is 0.311. The molecule has 22 heavy (non-hydrogen) atoms. The molecule has 0 aliphatic heterocycles. The molecule has 6 heteroatoms. The molecular weight excluding hydrogens is 282 g/mol. The molecule has 116 valence electrons. The van der Waals surface area contributed by atoms with E-state index in [1.54, 1.807) is 19.2 Å². The number of nitrogens with zero attached hydrogens (tertiary/aromatic N) is 1. The van der Waals surface area contributed by atoms with Crippen LogP contribution in [0, 0.1) is 0 Å². The summed E-state index contributed by atoms with van der Waals surface area (Å²) in [5.41, 5.74) is 7.93. The fraction of sp³-hybridized carbons (Fsp3) is 0.188. The average molecular weight is 301 g/mol. The van der Waals surface area contributed by atoms with E-state index >= 15 is 0 Å². The Balaban J connectivity index is 2.16. The van der Waals surface area contributed by atoms with Crippen molar-refractivity contribution >= 4 is 17.2 Å². The number of hydrogen-bond acceptors (Lipinski definition) is 5. The van der Waals surface area contributed by atoms with Crippen molar-refractivity contribution in [1.29, 1.82) is 0 Å². The molecule has 0 fully saturated rings. The van der Waals surface area contributed by atoms with Gasteiger partial charge in [0.05, 0.1) is 13.7 Å². The topological polar surface area (TPSA) is 89.1 Å². The van der Waals surface area contributed by atoms with Crippen LogP contribution in [0.25, 0.3) is 0 Å². The Morgan fingerprint density at radius 3 is 2.41 bits per heavy atom. The summed E-state index contributed by atoms with van der Waals surface area (Å²) in [5.74, 6) is 1.45. The minimum absolute atomic E-state index is 0.0780. The van der Waals surface area contributed by atoms with E-state index in [2.05, 4.69) is 10.5 Å². The van der Waals surface area contributed by atoms with Crippen molar-refractivity contribution in [3.8, 4) is 11.5 Å². The first kappa shape index (κ1) is 15.5. The third-order valence-corrected chi connectivity index (χ3v) is 3.04. The van der Waals surface area contributed by atoms with Crippen molar-refractivity contribution in [2.45, 2.75) is 6.92 Å². The highest BCUT2D eigenvalue weighted by molar-refractivity contribution is 5.97. The predicted octanol–water partition coefficient (Wildman–Crippen LogP) is 2.93. The van der Waals surface area contributed by atoms with E-state index in [-0.39, 0.29) is 5.84 Å². The molecule has 0 aromatic heterocycles. The largest absolute Gasteiger partial charge is 0.493 e. The Morgan fingerprint density at radius 2 is 1.82 bits per heavy atom. The van der Waals surface area contributed by atoms with Gasteiger partial charge < -0.3 is 25.7 Å². The number of rotatable bonds is 6. The van der Waals surface area contributed by atoms with Gasteiger partial charge >= 0.3 is 0 Å². The number of oxime groups is 1. The van der Waals surface area contributed by atoms with Crippen molar-refractivity contribution in [1.82, 2.24) is 0 Å². The van der Waals surface area contributed by atoms with Crippen molar-refractivity contribution in [2.24, 2.45) is 10.9 Å². The van der Waals surface area contributed by atoms with Crippen molar-refractivity contribution in [3.63, 3.8) is 0 Å². The number of nitrogens with two attached hydrogens (primary N) is 1. The summed E-state index contributed by atoms with van der Waals surface area (Å²) in [5, 5.41) is 14.9. The van der Waals surface area contributed by atoms with E-state index in [1.165, 1.54) is 0 Å². The summed E-state index contributed by atoms with van der Waals surface area (Å²) in [6, 6.07) is 12.8. The maximum Gasteiger partial charge on any atom is 0.170 e. The maximum atomic E-state index is 8.64. The van der Waals surface area contributed by atoms with Gasteiger partial charge in [-0.15, -0.1) is 0 Å². The number of ether oxygens (including phenoxy) is 2. The highest BCUT2D eigenvalue weighted by Gasteiger charge is 2.06. The van der Waals surface area contributed by atoms with E-state index in [1.807, 2.05) is 37.3 Å². The molecule has 0 aliphatic carbocycles. The molecule has 0 spiro atoms. The smallest absolute Gasteiger partial charge is 0.170 e. The van der Waals surface area contributed by atoms with Crippen LogP contribution in [0.1, 0.15) is 12.5 Å². The number of nitrogens with one attached hydrogen (secondary N) is 1. The zero-order valence-electron chi connectivity index (χ0n) is 12.5. The molecule has 2 aromatic rings. The van der Waals surface area contributed by atoms with E-state index in [0.29, 0.717) is 23.7 Å². The lowest BCUT2D eigenvalue weighted by Gasteiger charge is -2.12. The van der Waals surface area contributed by atoms with Crippen LogP contribution in [0.4, 0.5) is 11.4 Å². The molecule has 0 atom stereocenters. The summed E-state index contributed by atoms with van der Waals surface area (Å²) in [7, 11) is 1.60. The molecule has 6 nitrogen and oxygen atoms in total. The quantitative estimate of drug-likeness (QED) is 0.330. The minimum Gasteiger partial charge on any atom is -0.493 e. The van der Waals surface area contributed by atoms with E-state index in [0.717, 1.165) is 11.4 Å². The summed E-state index contributed by atoms with van der Waals surface area (Å²) in [6.07, 6.45) is 0. The first-order valence-electron chi connectivity index (χ1n) is 6.83. The minimum atomic E-state index is 0.0780. The lowest BCUT2D eigenvalue weighted by Crippen LogP contribution is -2.12. The van der Waals surface area contributed by atoms with Crippen molar-refractivity contribution in [2.75, 3.05) is 19.0 Å². The second-order valence-electron chi connectivity index (χ2n) is 4.49. The Morgan fingerprint density at radius 1 is 1.14 bits per heavy atom. The normalized spacial score (nSPS) is 11.1. The molecule has 0 bridgehead atoms. The molecular formula is C16H19N3O3. The lowest BCUT2D eigenvalue weighted by atomic mass is 10.2. The van der Waals surface area contributed by atoms with Gasteiger partial charge in [0.2, 0.25) is 0 Å². The molecule has 0 radical (unpaired) electrons. The van der Waals surface area contributed by atoms with Crippen LogP contribution < -0.4 is 20.5 Å². The van der Waals surface area contributed by atoms with E-state index in [4.69, 9.17) is 20.4 Å². The van der Waals surface area contributed by atoms with Gasteiger partial charge in [0.15, 0.2) is 17.3 Å². The highest BCUT2D eigenvalue weighted by Crippen LogP contribution is 2.31. The first-order chi connectivity index (χ1) is 10.7. The van der Waals surface area contributed by atoms with Crippen LogP contribution in [-0.4, -0.2) is 24.8 Å². The molecule has 0 saturated heterocycles. The molecule has 0 aliphatic rings. The van der Waals surface area contributed by atoms with Crippen LogP contribution >= 0.6 is 0 Å². The number of benzene rings is 2. The van der Waals surface area contributed by atoms with E-state index < -0.39 is 0 Å². The Kier molecular flexibility index (Phi) is 5.08. The van der Waals surface area contributed by atoms with Gasteiger partial charge in [0.1, 0.15) is 0 Å². The Bertz CT molecular complexity index is 654. The molecule has 0 heterocycles. The fourth-order valence-electron chi connectivity index (χ4n) is 1.97. The molecule has 4 N–H and O–H groups in total. The Hall–Kier alpha value is -2.89. The average Bonchev–Trinajstić information content (AvgIpc) is 2.56. The number of methoxy groups -OCH3 is 1. The first-order valence-corrected chi connectivity index (χ1v) is 6.83. The van der Waals surface area contributed by atoms with Crippen molar-refractivity contribution < 1.29 is 14.7 Å². The van der Waals surface area contributed by atoms with Gasteiger partial charge in [0, 0.05) is 23.0 Å². The zero-order valence-corrected chi connectivity index (χ0v) is 12.5. The molecule has 0 saturated carbocycles. The van der Waals surface area contributed by atoms with Crippen LogP contribution in [0.15, 0.2) is 47.6 Å². The SMILES string of the molecule is CCOc1ccc(Nc2ccc(C(N)=NO)cc2)cc1OC. The van der Waals surface area contributed by atoms with Gasteiger partial charge in [-0.3, -0.25) is 0 Å². The third kappa shape index (κ3) is 3.60. The fourth-order valence-corrected chi connectivity index (χ4v) is 1.97. The molecule has 2 aromatic carbocycles. The highest BCUT2D eigenvalue weighted by atomic mass is 16.5. The standard InChI is InChI=1S/C16H19N3O3/c1-3-22-14-9-8-13(10-15(14)21-2)18-12-6-4-11(5-7-12)16(17)19-20/h4-10,18,20H,3H2,1-2H3,(H2,17,19).